The summed E-state index contributed by atoms with van der Waals surface area (Å²) in [6.45, 7) is 6.02. The number of anilines is 1. The van der Waals surface area contributed by atoms with Gasteiger partial charge in [0.2, 0.25) is 15.2 Å². The van der Waals surface area contributed by atoms with Gasteiger partial charge in [0.25, 0.3) is 0 Å². The molecule has 0 bridgehead atoms. The molecule has 0 aliphatic carbocycles. The third-order valence-electron chi connectivity index (χ3n) is 4.69. The van der Waals surface area contributed by atoms with E-state index in [0.29, 0.717) is 31.2 Å². The van der Waals surface area contributed by atoms with E-state index in [2.05, 4.69) is 10.00 Å². The Morgan fingerprint density at radius 1 is 1.15 bits per heavy atom. The molecule has 1 aliphatic heterocycles. The highest BCUT2D eigenvalue weighted by Gasteiger charge is 2.26. The summed E-state index contributed by atoms with van der Waals surface area (Å²) in [5, 5.41) is 5.95. The second-order valence-electron chi connectivity index (χ2n) is 6.73. The van der Waals surface area contributed by atoms with Crippen LogP contribution in [0.3, 0.4) is 0 Å². The SMILES string of the molecule is Cc1cc(C)n(-c2nc3c(N4CCN(S(C)(=O)=O)CC4)c(Cl)ccc3s2)n1. The van der Waals surface area contributed by atoms with Crippen LogP contribution in [0.15, 0.2) is 18.2 Å². The summed E-state index contributed by atoms with van der Waals surface area (Å²) < 4.78 is 27.9. The summed E-state index contributed by atoms with van der Waals surface area (Å²) >= 11 is 8.09. The molecule has 0 atom stereocenters. The summed E-state index contributed by atoms with van der Waals surface area (Å²) in [5.74, 6) is 0. The summed E-state index contributed by atoms with van der Waals surface area (Å²) in [6, 6.07) is 5.87. The predicted molar refractivity (Wildman–Crippen MR) is 110 cm³/mol. The van der Waals surface area contributed by atoms with Crippen LogP contribution >= 0.6 is 22.9 Å². The number of benzene rings is 1. The van der Waals surface area contributed by atoms with Gasteiger partial charge in [-0.3, -0.25) is 0 Å². The standard InChI is InChI=1S/C17H20ClN5O2S2/c1-11-10-12(2)23(20-11)17-19-15-14(26-17)5-4-13(18)16(15)21-6-8-22(9-7-21)27(3,24)25/h4-5,10H,6-9H2,1-3H3. The van der Waals surface area contributed by atoms with E-state index in [4.69, 9.17) is 16.6 Å². The lowest BCUT2D eigenvalue weighted by Gasteiger charge is -2.35. The first kappa shape index (κ1) is 18.7. The maximum absolute atomic E-state index is 11.8. The number of thiazole rings is 1. The molecule has 0 unspecified atom stereocenters. The highest BCUT2D eigenvalue weighted by atomic mass is 35.5. The normalized spacial score (nSPS) is 16.4. The van der Waals surface area contributed by atoms with Crippen LogP contribution < -0.4 is 4.90 Å². The highest BCUT2D eigenvalue weighted by Crippen LogP contribution is 2.38. The summed E-state index contributed by atoms with van der Waals surface area (Å²) in [4.78, 5) is 6.94. The fourth-order valence-electron chi connectivity index (χ4n) is 3.40. The number of hydrogen-bond acceptors (Lipinski definition) is 6. The van der Waals surface area contributed by atoms with E-state index in [9.17, 15) is 8.42 Å². The number of fused-ring (bicyclic) bond motifs is 1. The second kappa shape index (κ2) is 6.73. The van der Waals surface area contributed by atoms with E-state index in [1.807, 2.05) is 36.7 Å². The van der Waals surface area contributed by atoms with E-state index in [0.717, 1.165) is 32.4 Å². The molecule has 3 heterocycles. The summed E-state index contributed by atoms with van der Waals surface area (Å²) in [7, 11) is -3.17. The third kappa shape index (κ3) is 3.44. The Hall–Kier alpha value is -1.68. The molecule has 0 radical (unpaired) electrons. The fraction of sp³-hybridized carbons (Fsp3) is 0.412. The van der Waals surface area contributed by atoms with Crippen molar-refractivity contribution >= 4 is 48.9 Å². The minimum Gasteiger partial charge on any atom is -0.366 e. The van der Waals surface area contributed by atoms with Crippen LogP contribution in [0.1, 0.15) is 11.4 Å². The molecule has 1 aliphatic rings. The molecule has 0 saturated carbocycles. The van der Waals surface area contributed by atoms with Gasteiger partial charge in [0, 0.05) is 31.9 Å². The quantitative estimate of drug-likeness (QED) is 0.645. The van der Waals surface area contributed by atoms with Gasteiger partial charge in [-0.1, -0.05) is 22.9 Å². The zero-order valence-electron chi connectivity index (χ0n) is 15.3. The van der Waals surface area contributed by atoms with Gasteiger partial charge in [0.05, 0.1) is 27.4 Å². The predicted octanol–water partition coefficient (Wildman–Crippen LogP) is 2.83. The van der Waals surface area contributed by atoms with E-state index < -0.39 is 10.0 Å². The van der Waals surface area contributed by atoms with Crippen LogP contribution in [-0.4, -0.2) is 59.9 Å². The van der Waals surface area contributed by atoms with Crippen LogP contribution in [0.5, 0.6) is 0 Å². The van der Waals surface area contributed by atoms with Crippen molar-refractivity contribution in [3.63, 3.8) is 0 Å². The number of aromatic nitrogens is 3. The van der Waals surface area contributed by atoms with Crippen molar-refractivity contribution in [2.75, 3.05) is 37.3 Å². The number of rotatable bonds is 3. The number of hydrogen-bond donors (Lipinski definition) is 0. The Kier molecular flexibility index (Phi) is 4.66. The number of halogens is 1. The Labute approximate surface area is 167 Å². The number of piperazine rings is 1. The molecule has 7 nitrogen and oxygen atoms in total. The molecule has 0 N–H and O–H groups in total. The van der Waals surface area contributed by atoms with Gasteiger partial charge >= 0.3 is 0 Å². The number of nitrogens with zero attached hydrogens (tertiary/aromatic N) is 5. The van der Waals surface area contributed by atoms with Gasteiger partial charge in [-0.05, 0) is 32.0 Å². The van der Waals surface area contributed by atoms with Crippen LogP contribution in [0.25, 0.3) is 15.3 Å². The lowest BCUT2D eigenvalue weighted by atomic mass is 10.2. The van der Waals surface area contributed by atoms with E-state index in [-0.39, 0.29) is 0 Å². The third-order valence-corrected chi connectivity index (χ3v) is 7.29. The molecule has 144 valence electrons. The van der Waals surface area contributed by atoms with Crippen molar-refractivity contribution in [2.45, 2.75) is 13.8 Å². The Balaban J connectivity index is 1.73. The molecule has 10 heteroatoms. The molecule has 1 fully saturated rings. The Bertz CT molecular complexity index is 1110. The molecule has 1 aromatic carbocycles. The Morgan fingerprint density at radius 3 is 2.44 bits per heavy atom. The summed E-state index contributed by atoms with van der Waals surface area (Å²) in [5.41, 5.74) is 3.68. The lowest BCUT2D eigenvalue weighted by Crippen LogP contribution is -2.48. The zero-order chi connectivity index (χ0) is 19.3. The molecule has 0 spiro atoms. The second-order valence-corrected chi connectivity index (χ2v) is 10.1. The van der Waals surface area contributed by atoms with Gasteiger partial charge in [0.1, 0.15) is 5.52 Å². The van der Waals surface area contributed by atoms with Gasteiger partial charge in [-0.2, -0.15) is 9.40 Å². The average molecular weight is 426 g/mol. The van der Waals surface area contributed by atoms with Crippen LogP contribution in [0.2, 0.25) is 5.02 Å². The van der Waals surface area contributed by atoms with Crippen molar-refractivity contribution in [3.8, 4) is 5.13 Å². The fourth-order valence-corrected chi connectivity index (χ4v) is 5.48. The average Bonchev–Trinajstić information content (AvgIpc) is 3.16. The largest absolute Gasteiger partial charge is 0.366 e. The van der Waals surface area contributed by atoms with Gasteiger partial charge in [0.15, 0.2) is 0 Å². The van der Waals surface area contributed by atoms with Gasteiger partial charge in [-0.15, -0.1) is 0 Å². The van der Waals surface area contributed by atoms with E-state index in [1.165, 1.54) is 10.6 Å². The first-order chi connectivity index (χ1) is 12.7. The minimum absolute atomic E-state index is 0.444. The molecule has 4 rings (SSSR count). The van der Waals surface area contributed by atoms with Crippen molar-refractivity contribution < 1.29 is 8.42 Å². The lowest BCUT2D eigenvalue weighted by molar-refractivity contribution is 0.388. The van der Waals surface area contributed by atoms with Crippen molar-refractivity contribution in [1.29, 1.82) is 0 Å². The highest BCUT2D eigenvalue weighted by molar-refractivity contribution is 7.88. The smallest absolute Gasteiger partial charge is 0.211 e. The zero-order valence-corrected chi connectivity index (χ0v) is 17.7. The monoisotopic (exact) mass is 425 g/mol. The first-order valence-electron chi connectivity index (χ1n) is 8.57. The molecule has 27 heavy (non-hydrogen) atoms. The maximum atomic E-state index is 11.8. The number of sulfonamides is 1. The topological polar surface area (TPSA) is 71.3 Å². The van der Waals surface area contributed by atoms with Crippen LogP contribution in [-0.2, 0) is 10.0 Å². The molecular weight excluding hydrogens is 406 g/mol. The van der Waals surface area contributed by atoms with Gasteiger partial charge < -0.3 is 4.90 Å². The van der Waals surface area contributed by atoms with Crippen molar-refractivity contribution in [3.05, 3.63) is 34.6 Å². The molecule has 2 aromatic heterocycles. The molecular formula is C17H20ClN5O2S2. The van der Waals surface area contributed by atoms with Crippen molar-refractivity contribution in [2.24, 2.45) is 0 Å². The van der Waals surface area contributed by atoms with E-state index in [1.54, 1.807) is 11.3 Å². The number of aryl methyl sites for hydroxylation is 2. The molecule has 0 amide bonds. The van der Waals surface area contributed by atoms with Crippen LogP contribution in [0, 0.1) is 13.8 Å². The minimum atomic E-state index is -3.17. The molecule has 3 aromatic rings. The van der Waals surface area contributed by atoms with E-state index >= 15 is 0 Å². The summed E-state index contributed by atoms with van der Waals surface area (Å²) in [6.07, 6.45) is 1.25. The van der Waals surface area contributed by atoms with Crippen molar-refractivity contribution in [1.82, 2.24) is 19.1 Å². The molecule has 1 saturated heterocycles. The maximum Gasteiger partial charge on any atom is 0.211 e. The van der Waals surface area contributed by atoms with Crippen LogP contribution in [0.4, 0.5) is 5.69 Å². The first-order valence-corrected chi connectivity index (χ1v) is 11.6. The van der Waals surface area contributed by atoms with Gasteiger partial charge in [-0.25, -0.2) is 18.1 Å². The Morgan fingerprint density at radius 2 is 1.85 bits per heavy atom.